The summed E-state index contributed by atoms with van der Waals surface area (Å²) in [6.07, 6.45) is 2.05. The van der Waals surface area contributed by atoms with Gasteiger partial charge in [-0.05, 0) is 19.8 Å². The molecule has 0 spiro atoms. The van der Waals surface area contributed by atoms with E-state index in [0.717, 1.165) is 25.9 Å². The van der Waals surface area contributed by atoms with Gasteiger partial charge in [0.1, 0.15) is 0 Å². The first kappa shape index (κ1) is 17.8. The van der Waals surface area contributed by atoms with Crippen LogP contribution >= 0.6 is 0 Å². The van der Waals surface area contributed by atoms with Crippen LogP contribution in [0, 0.1) is 0 Å². The number of rotatable bonds is 6. The summed E-state index contributed by atoms with van der Waals surface area (Å²) >= 11 is 0. The first-order valence-corrected chi connectivity index (χ1v) is 5.84. The fourth-order valence-corrected chi connectivity index (χ4v) is 1.06. The Balaban J connectivity index is 0. The Labute approximate surface area is 99.9 Å². The van der Waals surface area contributed by atoms with Gasteiger partial charge < -0.3 is 14.4 Å². The summed E-state index contributed by atoms with van der Waals surface area (Å²) in [5, 5.41) is 0. The lowest BCUT2D eigenvalue weighted by Crippen LogP contribution is -2.29. The minimum absolute atomic E-state index is 0.0648. The summed E-state index contributed by atoms with van der Waals surface area (Å²) in [6, 6.07) is 0. The maximum Gasteiger partial charge on any atom is 0.219 e. The minimum Gasteiger partial charge on any atom is -0.356 e. The Kier molecular flexibility index (Phi) is 13.8. The van der Waals surface area contributed by atoms with Crippen LogP contribution in [0.2, 0.25) is 0 Å². The zero-order chi connectivity index (χ0) is 13.0. The predicted molar refractivity (Wildman–Crippen MR) is 66.3 cm³/mol. The Bertz CT molecular complexity index is 152. The molecule has 0 saturated heterocycles. The molecule has 0 saturated carbocycles. The van der Waals surface area contributed by atoms with E-state index in [1.165, 1.54) is 0 Å². The molecule has 0 aromatic rings. The van der Waals surface area contributed by atoms with Gasteiger partial charge in [0.05, 0.1) is 0 Å². The summed E-state index contributed by atoms with van der Waals surface area (Å²) in [5.74, 6) is 0.198. The molecule has 0 aromatic heterocycles. The summed E-state index contributed by atoms with van der Waals surface area (Å²) in [4.78, 5) is 12.7. The Hall–Kier alpha value is -0.610. The van der Waals surface area contributed by atoms with Gasteiger partial charge in [-0.1, -0.05) is 13.8 Å². The van der Waals surface area contributed by atoms with Crippen LogP contribution in [0.4, 0.5) is 0 Å². The maximum absolute atomic E-state index is 10.8. The van der Waals surface area contributed by atoms with Crippen molar-refractivity contribution in [1.82, 2.24) is 4.90 Å². The molecule has 0 aromatic carbocycles. The summed E-state index contributed by atoms with van der Waals surface area (Å²) in [6.45, 7) is 9.45. The van der Waals surface area contributed by atoms with E-state index in [9.17, 15) is 4.79 Å². The van der Waals surface area contributed by atoms with Gasteiger partial charge in [-0.25, -0.2) is 0 Å². The molecule has 4 heteroatoms. The number of hydrogen-bond acceptors (Lipinski definition) is 3. The average molecular weight is 233 g/mol. The van der Waals surface area contributed by atoms with Crippen LogP contribution in [-0.2, 0) is 14.3 Å². The van der Waals surface area contributed by atoms with Crippen molar-refractivity contribution in [2.75, 3.05) is 27.3 Å². The monoisotopic (exact) mass is 233 g/mol. The maximum atomic E-state index is 10.8. The fraction of sp³-hybridized carbons (Fsp3) is 0.917. The molecule has 0 aliphatic carbocycles. The zero-order valence-corrected chi connectivity index (χ0v) is 11.6. The molecule has 0 N–H and O–H groups in total. The van der Waals surface area contributed by atoms with Gasteiger partial charge >= 0.3 is 0 Å². The fourth-order valence-electron chi connectivity index (χ4n) is 1.06. The van der Waals surface area contributed by atoms with Gasteiger partial charge in [-0.15, -0.1) is 0 Å². The molecule has 0 radical (unpaired) electrons. The number of ether oxygens (including phenoxy) is 2. The van der Waals surface area contributed by atoms with Gasteiger partial charge in [-0.2, -0.15) is 0 Å². The lowest BCUT2D eigenvalue weighted by molar-refractivity contribution is -0.128. The predicted octanol–water partition coefficient (Wildman–Crippen LogP) is 2.28. The van der Waals surface area contributed by atoms with Crippen LogP contribution in [0.1, 0.15) is 40.5 Å². The highest BCUT2D eigenvalue weighted by atomic mass is 16.7. The van der Waals surface area contributed by atoms with Gasteiger partial charge in [0.25, 0.3) is 0 Å². The van der Waals surface area contributed by atoms with E-state index < -0.39 is 0 Å². The number of amides is 1. The molecule has 0 bridgehead atoms. The molecule has 0 fully saturated rings. The largest absolute Gasteiger partial charge is 0.356 e. The second-order valence-corrected chi connectivity index (χ2v) is 3.55. The topological polar surface area (TPSA) is 38.8 Å². The van der Waals surface area contributed by atoms with Crippen LogP contribution in [0.25, 0.3) is 0 Å². The number of carbonyl (C=O) groups is 1. The second-order valence-electron chi connectivity index (χ2n) is 3.55. The summed E-state index contributed by atoms with van der Waals surface area (Å²) in [7, 11) is 3.21. The van der Waals surface area contributed by atoms with Crippen LogP contribution in [0.3, 0.4) is 0 Å². The highest BCUT2D eigenvalue weighted by Crippen LogP contribution is 1.93. The van der Waals surface area contributed by atoms with Gasteiger partial charge in [-0.3, -0.25) is 4.79 Å². The molecule has 0 aliphatic rings. The Morgan fingerprint density at radius 2 is 1.50 bits per heavy atom. The van der Waals surface area contributed by atoms with E-state index in [-0.39, 0.29) is 12.2 Å². The highest BCUT2D eigenvalue weighted by molar-refractivity contribution is 5.73. The van der Waals surface area contributed by atoms with E-state index in [4.69, 9.17) is 0 Å². The quantitative estimate of drug-likeness (QED) is 0.661. The minimum atomic E-state index is -0.0648. The van der Waals surface area contributed by atoms with Crippen molar-refractivity contribution < 1.29 is 14.3 Å². The molecular formula is C12H27NO3. The first-order valence-electron chi connectivity index (χ1n) is 5.84. The first-order chi connectivity index (χ1) is 7.53. The smallest absolute Gasteiger partial charge is 0.219 e. The lowest BCUT2D eigenvalue weighted by Gasteiger charge is -2.18. The van der Waals surface area contributed by atoms with Crippen LogP contribution < -0.4 is 0 Å². The molecule has 4 nitrogen and oxygen atoms in total. The molecule has 0 rings (SSSR count). The molecule has 0 atom stereocenters. The molecular weight excluding hydrogens is 206 g/mol. The molecule has 0 unspecified atom stereocenters. The molecule has 0 heterocycles. The third kappa shape index (κ3) is 11.5. The van der Waals surface area contributed by atoms with E-state index >= 15 is 0 Å². The van der Waals surface area contributed by atoms with Crippen LogP contribution in [0.5, 0.6) is 0 Å². The number of nitrogens with zero attached hydrogens (tertiary/aromatic N) is 1. The molecule has 16 heavy (non-hydrogen) atoms. The standard InChI is InChI=1S/C8H17NO.C4H10O2/c1-4-6-9(7-5-2)8(3)10;1-4(5-2)6-3/h4-7H2,1-3H3;4H,1-3H3. The SMILES string of the molecule is CCCN(CCC)C(C)=O.COC(C)OC. The summed E-state index contributed by atoms with van der Waals surface area (Å²) in [5.41, 5.74) is 0. The third-order valence-corrected chi connectivity index (χ3v) is 2.10. The van der Waals surface area contributed by atoms with E-state index in [1.807, 2.05) is 11.8 Å². The van der Waals surface area contributed by atoms with Crippen LogP contribution in [0.15, 0.2) is 0 Å². The average Bonchev–Trinajstić information content (AvgIpc) is 2.28. The van der Waals surface area contributed by atoms with Crippen molar-refractivity contribution in [1.29, 1.82) is 0 Å². The number of methoxy groups -OCH3 is 2. The van der Waals surface area contributed by atoms with E-state index in [2.05, 4.69) is 23.3 Å². The molecule has 0 aliphatic heterocycles. The summed E-state index contributed by atoms with van der Waals surface area (Å²) < 4.78 is 9.35. The van der Waals surface area contributed by atoms with E-state index in [1.54, 1.807) is 21.1 Å². The van der Waals surface area contributed by atoms with Crippen molar-refractivity contribution in [3.8, 4) is 0 Å². The van der Waals surface area contributed by atoms with Crippen molar-refractivity contribution in [2.24, 2.45) is 0 Å². The number of carbonyl (C=O) groups excluding carboxylic acids is 1. The Morgan fingerprint density at radius 3 is 1.62 bits per heavy atom. The lowest BCUT2D eigenvalue weighted by atomic mass is 10.3. The van der Waals surface area contributed by atoms with Crippen LogP contribution in [-0.4, -0.2) is 44.4 Å². The normalized spacial score (nSPS) is 9.69. The van der Waals surface area contributed by atoms with Crippen molar-refractivity contribution >= 4 is 5.91 Å². The highest BCUT2D eigenvalue weighted by Gasteiger charge is 2.03. The second kappa shape index (κ2) is 12.5. The Morgan fingerprint density at radius 1 is 1.12 bits per heavy atom. The molecule has 1 amide bonds. The van der Waals surface area contributed by atoms with Crippen molar-refractivity contribution in [3.63, 3.8) is 0 Å². The van der Waals surface area contributed by atoms with Crippen molar-refractivity contribution in [2.45, 2.75) is 46.8 Å². The van der Waals surface area contributed by atoms with Crippen molar-refractivity contribution in [3.05, 3.63) is 0 Å². The van der Waals surface area contributed by atoms with Gasteiger partial charge in [0.2, 0.25) is 5.91 Å². The van der Waals surface area contributed by atoms with Gasteiger partial charge in [0.15, 0.2) is 6.29 Å². The third-order valence-electron chi connectivity index (χ3n) is 2.10. The molecule has 98 valence electrons. The zero-order valence-electron chi connectivity index (χ0n) is 11.6. The van der Waals surface area contributed by atoms with E-state index in [0.29, 0.717) is 0 Å². The van der Waals surface area contributed by atoms with Gasteiger partial charge in [0, 0.05) is 34.2 Å². The number of hydrogen-bond donors (Lipinski definition) is 0.